The molecule has 0 bridgehead atoms. The van der Waals surface area contributed by atoms with Crippen molar-refractivity contribution in [2.24, 2.45) is 11.8 Å². The van der Waals surface area contributed by atoms with E-state index in [2.05, 4.69) is 36.1 Å². The fourth-order valence-electron chi connectivity index (χ4n) is 4.38. The van der Waals surface area contributed by atoms with E-state index in [0.29, 0.717) is 12.1 Å². The van der Waals surface area contributed by atoms with Gasteiger partial charge in [0.15, 0.2) is 0 Å². The molecule has 1 N–H and O–H groups in total. The van der Waals surface area contributed by atoms with E-state index in [9.17, 15) is 0 Å². The minimum atomic E-state index is 0.655. The first kappa shape index (κ1) is 15.1. The topological polar surface area (TPSA) is 29.9 Å². The molecule has 0 amide bonds. The Morgan fingerprint density at radius 2 is 1.81 bits per heavy atom. The first-order chi connectivity index (χ1) is 10.2. The van der Waals surface area contributed by atoms with Gasteiger partial charge in [-0.25, -0.2) is 0 Å². The van der Waals surface area contributed by atoms with Crippen LogP contribution in [0.2, 0.25) is 0 Å². The maximum Gasteiger partial charge on any atom is 0.0762 e. The van der Waals surface area contributed by atoms with Gasteiger partial charge >= 0.3 is 0 Å². The molecule has 3 heteroatoms. The molecule has 0 spiro atoms. The third-order valence-corrected chi connectivity index (χ3v) is 5.36. The number of nitrogens with one attached hydrogen (secondary N) is 1. The molecule has 2 saturated carbocycles. The highest BCUT2D eigenvalue weighted by Gasteiger charge is 2.23. The minimum absolute atomic E-state index is 0.655. The van der Waals surface area contributed by atoms with E-state index in [0.717, 1.165) is 18.4 Å². The van der Waals surface area contributed by atoms with Crippen LogP contribution >= 0.6 is 0 Å². The second-order valence-electron chi connectivity index (χ2n) is 7.57. The molecule has 0 radical (unpaired) electrons. The van der Waals surface area contributed by atoms with Crippen molar-refractivity contribution >= 4 is 0 Å². The van der Waals surface area contributed by atoms with Crippen molar-refractivity contribution in [2.45, 2.75) is 83.8 Å². The molecular weight excluding hydrogens is 258 g/mol. The zero-order chi connectivity index (χ0) is 14.7. The highest BCUT2D eigenvalue weighted by molar-refractivity contribution is 5.00. The number of hydrogen-bond donors (Lipinski definition) is 1. The fourth-order valence-corrected chi connectivity index (χ4v) is 4.38. The van der Waals surface area contributed by atoms with Crippen molar-refractivity contribution in [2.75, 3.05) is 0 Å². The van der Waals surface area contributed by atoms with Crippen LogP contribution in [0.15, 0.2) is 12.3 Å². The standard InChI is InChI=1S/C18H31N3/c1-14-10-15(2)12-17(11-14)19-13-16-8-9-21(20-16)18-6-4-3-5-7-18/h8-9,14-15,17-19H,3-7,10-13H2,1-2H3. The van der Waals surface area contributed by atoms with E-state index in [4.69, 9.17) is 5.10 Å². The Morgan fingerprint density at radius 1 is 1.10 bits per heavy atom. The van der Waals surface area contributed by atoms with E-state index in [1.807, 2.05) is 0 Å². The summed E-state index contributed by atoms with van der Waals surface area (Å²) in [6.07, 6.45) is 13.0. The number of nitrogens with zero attached hydrogens (tertiary/aromatic N) is 2. The second kappa shape index (κ2) is 6.95. The number of rotatable bonds is 4. The van der Waals surface area contributed by atoms with Crippen LogP contribution in [0.25, 0.3) is 0 Å². The zero-order valence-electron chi connectivity index (χ0n) is 13.7. The fraction of sp³-hybridized carbons (Fsp3) is 0.833. The Hall–Kier alpha value is -0.830. The van der Waals surface area contributed by atoms with Gasteiger partial charge in [0.25, 0.3) is 0 Å². The molecule has 2 aliphatic rings. The molecule has 1 aromatic rings. The molecule has 2 aliphatic carbocycles. The lowest BCUT2D eigenvalue weighted by Gasteiger charge is -2.32. The van der Waals surface area contributed by atoms with Crippen molar-refractivity contribution in [1.29, 1.82) is 0 Å². The van der Waals surface area contributed by atoms with E-state index in [1.54, 1.807) is 0 Å². The summed E-state index contributed by atoms with van der Waals surface area (Å²) < 4.78 is 2.22. The van der Waals surface area contributed by atoms with Crippen LogP contribution in [-0.2, 0) is 6.54 Å². The van der Waals surface area contributed by atoms with Crippen LogP contribution in [0, 0.1) is 11.8 Å². The highest BCUT2D eigenvalue weighted by Crippen LogP contribution is 2.29. The molecule has 2 unspecified atom stereocenters. The first-order valence-electron chi connectivity index (χ1n) is 8.98. The molecule has 2 fully saturated rings. The van der Waals surface area contributed by atoms with Crippen LogP contribution in [-0.4, -0.2) is 15.8 Å². The Morgan fingerprint density at radius 3 is 2.52 bits per heavy atom. The summed E-state index contributed by atoms with van der Waals surface area (Å²) in [4.78, 5) is 0. The van der Waals surface area contributed by atoms with Gasteiger partial charge < -0.3 is 5.32 Å². The third-order valence-electron chi connectivity index (χ3n) is 5.36. The Bertz CT molecular complexity index is 423. The van der Waals surface area contributed by atoms with Crippen LogP contribution in [0.1, 0.15) is 76.9 Å². The molecule has 1 aromatic heterocycles. The third kappa shape index (κ3) is 4.09. The molecule has 0 saturated heterocycles. The van der Waals surface area contributed by atoms with Gasteiger partial charge in [0.05, 0.1) is 11.7 Å². The summed E-state index contributed by atoms with van der Waals surface area (Å²) in [6.45, 7) is 5.72. The van der Waals surface area contributed by atoms with Gasteiger partial charge in [-0.05, 0) is 50.0 Å². The molecular formula is C18H31N3. The van der Waals surface area contributed by atoms with E-state index in [1.165, 1.54) is 57.1 Å². The van der Waals surface area contributed by atoms with Crippen LogP contribution in [0.4, 0.5) is 0 Å². The molecule has 3 rings (SSSR count). The van der Waals surface area contributed by atoms with Crippen molar-refractivity contribution in [3.8, 4) is 0 Å². The van der Waals surface area contributed by atoms with Crippen molar-refractivity contribution in [3.63, 3.8) is 0 Å². The molecule has 2 atom stereocenters. The van der Waals surface area contributed by atoms with E-state index < -0.39 is 0 Å². The number of aromatic nitrogens is 2. The van der Waals surface area contributed by atoms with Gasteiger partial charge in [-0.15, -0.1) is 0 Å². The zero-order valence-corrected chi connectivity index (χ0v) is 13.7. The first-order valence-corrected chi connectivity index (χ1v) is 8.98. The van der Waals surface area contributed by atoms with Gasteiger partial charge in [0, 0.05) is 18.8 Å². The average molecular weight is 289 g/mol. The summed E-state index contributed by atoms with van der Waals surface area (Å²) in [5.74, 6) is 1.73. The predicted octanol–water partition coefficient (Wildman–Crippen LogP) is 4.30. The van der Waals surface area contributed by atoms with Crippen molar-refractivity contribution < 1.29 is 0 Å². The molecule has 118 valence electrons. The van der Waals surface area contributed by atoms with Gasteiger partial charge in [0.1, 0.15) is 0 Å². The second-order valence-corrected chi connectivity index (χ2v) is 7.57. The summed E-state index contributed by atoms with van der Waals surface area (Å²) in [5.41, 5.74) is 1.21. The van der Waals surface area contributed by atoms with E-state index in [-0.39, 0.29) is 0 Å². The van der Waals surface area contributed by atoms with Crippen LogP contribution < -0.4 is 5.32 Å². The van der Waals surface area contributed by atoms with Gasteiger partial charge in [0.2, 0.25) is 0 Å². The van der Waals surface area contributed by atoms with Crippen LogP contribution in [0.3, 0.4) is 0 Å². The SMILES string of the molecule is CC1CC(C)CC(NCc2ccn(C3CCCCC3)n2)C1. The number of hydrogen-bond acceptors (Lipinski definition) is 2. The normalized spacial score (nSPS) is 31.4. The molecule has 0 aromatic carbocycles. The average Bonchev–Trinajstić information content (AvgIpc) is 2.94. The molecule has 21 heavy (non-hydrogen) atoms. The van der Waals surface area contributed by atoms with Gasteiger partial charge in [-0.2, -0.15) is 5.10 Å². The lowest BCUT2D eigenvalue weighted by Crippen LogP contribution is -2.36. The Balaban J connectivity index is 1.50. The highest BCUT2D eigenvalue weighted by atomic mass is 15.3. The van der Waals surface area contributed by atoms with Crippen molar-refractivity contribution in [1.82, 2.24) is 15.1 Å². The quantitative estimate of drug-likeness (QED) is 0.895. The summed E-state index contributed by atoms with van der Waals surface area (Å²) in [6, 6.07) is 3.54. The maximum absolute atomic E-state index is 4.81. The summed E-state index contributed by atoms with van der Waals surface area (Å²) in [7, 11) is 0. The summed E-state index contributed by atoms with van der Waals surface area (Å²) in [5, 5.41) is 8.55. The minimum Gasteiger partial charge on any atom is -0.308 e. The maximum atomic E-state index is 4.81. The Labute approximate surface area is 129 Å². The predicted molar refractivity (Wildman–Crippen MR) is 87.2 cm³/mol. The lowest BCUT2D eigenvalue weighted by atomic mass is 9.80. The molecule has 0 aliphatic heterocycles. The largest absolute Gasteiger partial charge is 0.308 e. The monoisotopic (exact) mass is 289 g/mol. The van der Waals surface area contributed by atoms with Crippen molar-refractivity contribution in [3.05, 3.63) is 18.0 Å². The lowest BCUT2D eigenvalue weighted by molar-refractivity contribution is 0.237. The van der Waals surface area contributed by atoms with Gasteiger partial charge in [-0.3, -0.25) is 4.68 Å². The molecule has 3 nitrogen and oxygen atoms in total. The van der Waals surface area contributed by atoms with Crippen LogP contribution in [0.5, 0.6) is 0 Å². The Kier molecular flexibility index (Phi) is 4.99. The summed E-state index contributed by atoms with van der Waals surface area (Å²) >= 11 is 0. The smallest absolute Gasteiger partial charge is 0.0762 e. The molecule has 1 heterocycles. The van der Waals surface area contributed by atoms with Gasteiger partial charge in [-0.1, -0.05) is 33.1 Å². The van der Waals surface area contributed by atoms with E-state index >= 15 is 0 Å².